The monoisotopic (exact) mass is 246 g/mol. The third-order valence-electron chi connectivity index (χ3n) is 2.57. The van der Waals surface area contributed by atoms with E-state index < -0.39 is 0 Å². The minimum absolute atomic E-state index is 0.499. The molecule has 0 bridgehead atoms. The highest BCUT2D eigenvalue weighted by molar-refractivity contribution is 7.18. The maximum absolute atomic E-state index is 11.0. The van der Waals surface area contributed by atoms with Gasteiger partial charge in [0.2, 0.25) is 0 Å². The van der Waals surface area contributed by atoms with Gasteiger partial charge in [-0.15, -0.1) is 11.3 Å². The zero-order valence-corrected chi connectivity index (χ0v) is 9.83. The highest BCUT2D eigenvalue weighted by Crippen LogP contribution is 2.48. The first kappa shape index (κ1) is 10.4. The van der Waals surface area contributed by atoms with E-state index in [1.54, 1.807) is 0 Å². The maximum atomic E-state index is 11.0. The largest absolute Gasteiger partial charge is 0.485 e. The minimum atomic E-state index is 0.499. The normalized spacial score (nSPS) is 13.4. The molecule has 3 rings (SSSR count). The second-order valence-corrected chi connectivity index (χ2v) is 4.69. The Kier molecular flexibility index (Phi) is 2.57. The predicted molar refractivity (Wildman–Crippen MR) is 66.1 cm³/mol. The molecule has 0 N–H and O–H groups in total. The first-order valence-electron chi connectivity index (χ1n) is 5.33. The molecular weight excluding hydrogens is 236 g/mol. The number of hydrogen-bond donors (Lipinski definition) is 0. The average Bonchev–Trinajstić information content (AvgIpc) is 2.78. The molecule has 2 heterocycles. The van der Waals surface area contributed by atoms with Crippen molar-refractivity contribution >= 4 is 17.6 Å². The summed E-state index contributed by atoms with van der Waals surface area (Å²) in [5.74, 6) is 1.30. The first-order chi connectivity index (χ1) is 8.40. The Morgan fingerprint density at radius 1 is 1.06 bits per heavy atom. The molecule has 0 saturated heterocycles. The lowest BCUT2D eigenvalue weighted by Gasteiger charge is -2.16. The number of rotatable bonds is 2. The van der Waals surface area contributed by atoms with Crippen LogP contribution in [0.5, 0.6) is 11.5 Å². The Morgan fingerprint density at radius 3 is 2.47 bits per heavy atom. The lowest BCUT2D eigenvalue weighted by molar-refractivity contribution is 0.111. The van der Waals surface area contributed by atoms with Gasteiger partial charge >= 0.3 is 0 Å². The second-order valence-electron chi connectivity index (χ2n) is 3.63. The van der Waals surface area contributed by atoms with Crippen LogP contribution in [0.15, 0.2) is 30.3 Å². The number of hydrogen-bond acceptors (Lipinski definition) is 4. The molecule has 2 aromatic rings. The van der Waals surface area contributed by atoms with Crippen LogP contribution in [0, 0.1) is 0 Å². The summed E-state index contributed by atoms with van der Waals surface area (Å²) < 4.78 is 11.1. The third-order valence-corrected chi connectivity index (χ3v) is 3.69. The molecule has 1 aromatic heterocycles. The summed E-state index contributed by atoms with van der Waals surface area (Å²) in [4.78, 5) is 12.6. The summed E-state index contributed by atoms with van der Waals surface area (Å²) in [5, 5.41) is 0. The molecule has 0 radical (unpaired) electrons. The third kappa shape index (κ3) is 1.70. The van der Waals surface area contributed by atoms with E-state index in [0.29, 0.717) is 29.6 Å². The lowest BCUT2D eigenvalue weighted by atomic mass is 10.2. The molecule has 86 valence electrons. The number of fused-ring (bicyclic) bond motifs is 1. The molecule has 0 atom stereocenters. The Labute approximate surface area is 103 Å². The predicted octanol–water partition coefficient (Wildman–Crippen LogP) is 3.00. The summed E-state index contributed by atoms with van der Waals surface area (Å²) in [6.07, 6.45) is 0.824. The highest BCUT2D eigenvalue weighted by Gasteiger charge is 2.24. The first-order valence-corrected chi connectivity index (χ1v) is 6.15. The molecular formula is C13H10O3S. The van der Waals surface area contributed by atoms with Gasteiger partial charge in [0.1, 0.15) is 18.1 Å². The van der Waals surface area contributed by atoms with Gasteiger partial charge in [-0.05, 0) is 5.56 Å². The fourth-order valence-corrected chi connectivity index (χ4v) is 2.84. The number of benzene rings is 1. The van der Waals surface area contributed by atoms with E-state index in [4.69, 9.17) is 9.47 Å². The molecule has 0 spiro atoms. The smallest absolute Gasteiger partial charge is 0.183 e. The summed E-state index contributed by atoms with van der Waals surface area (Å²) >= 11 is 1.41. The summed E-state index contributed by atoms with van der Waals surface area (Å²) in [7, 11) is 0. The van der Waals surface area contributed by atoms with Gasteiger partial charge in [0.15, 0.2) is 17.8 Å². The van der Waals surface area contributed by atoms with E-state index in [9.17, 15) is 4.79 Å². The SMILES string of the molecule is O=Cc1sc(-c2ccccc2)c2c1OCCO2. The minimum Gasteiger partial charge on any atom is -0.485 e. The summed E-state index contributed by atoms with van der Waals surface area (Å²) in [5.41, 5.74) is 1.05. The quantitative estimate of drug-likeness (QED) is 0.764. The van der Waals surface area contributed by atoms with Crippen molar-refractivity contribution in [1.82, 2.24) is 0 Å². The maximum Gasteiger partial charge on any atom is 0.183 e. The molecule has 3 nitrogen and oxygen atoms in total. The van der Waals surface area contributed by atoms with E-state index in [2.05, 4.69) is 0 Å². The van der Waals surface area contributed by atoms with Gasteiger partial charge < -0.3 is 9.47 Å². The van der Waals surface area contributed by atoms with Gasteiger partial charge in [-0.2, -0.15) is 0 Å². The molecule has 1 aliphatic rings. The fraction of sp³-hybridized carbons (Fsp3) is 0.154. The molecule has 0 fully saturated rings. The molecule has 17 heavy (non-hydrogen) atoms. The molecule has 1 aliphatic heterocycles. The van der Waals surface area contributed by atoms with Crippen molar-refractivity contribution in [2.75, 3.05) is 13.2 Å². The van der Waals surface area contributed by atoms with Gasteiger partial charge in [0.05, 0.1) is 4.88 Å². The van der Waals surface area contributed by atoms with Crippen LogP contribution in [0.1, 0.15) is 9.67 Å². The van der Waals surface area contributed by atoms with E-state index >= 15 is 0 Å². The van der Waals surface area contributed by atoms with Gasteiger partial charge in [-0.3, -0.25) is 4.79 Å². The molecule has 0 unspecified atom stereocenters. The lowest BCUT2D eigenvalue weighted by Crippen LogP contribution is -2.15. The Morgan fingerprint density at radius 2 is 1.76 bits per heavy atom. The van der Waals surface area contributed by atoms with Crippen LogP contribution in [0.3, 0.4) is 0 Å². The van der Waals surface area contributed by atoms with Crippen molar-refractivity contribution in [3.8, 4) is 21.9 Å². The van der Waals surface area contributed by atoms with Crippen molar-refractivity contribution in [2.24, 2.45) is 0 Å². The Balaban J connectivity index is 2.17. The van der Waals surface area contributed by atoms with E-state index in [-0.39, 0.29) is 0 Å². The van der Waals surface area contributed by atoms with Crippen LogP contribution in [-0.2, 0) is 0 Å². The van der Waals surface area contributed by atoms with Crippen molar-refractivity contribution in [2.45, 2.75) is 0 Å². The Hall–Kier alpha value is -1.81. The molecule has 0 saturated carbocycles. The van der Waals surface area contributed by atoms with Crippen LogP contribution >= 0.6 is 11.3 Å². The van der Waals surface area contributed by atoms with Crippen molar-refractivity contribution < 1.29 is 14.3 Å². The fourth-order valence-electron chi connectivity index (χ4n) is 1.83. The zero-order valence-electron chi connectivity index (χ0n) is 9.01. The molecule has 0 amide bonds. The van der Waals surface area contributed by atoms with Crippen molar-refractivity contribution in [1.29, 1.82) is 0 Å². The topological polar surface area (TPSA) is 35.5 Å². The van der Waals surface area contributed by atoms with Gasteiger partial charge in [-0.1, -0.05) is 30.3 Å². The highest BCUT2D eigenvalue weighted by atomic mass is 32.1. The standard InChI is InChI=1S/C13H10O3S/c14-8-10-11-12(16-7-6-15-11)13(17-10)9-4-2-1-3-5-9/h1-5,8H,6-7H2. The van der Waals surface area contributed by atoms with Crippen LogP contribution in [0.4, 0.5) is 0 Å². The van der Waals surface area contributed by atoms with E-state index in [1.165, 1.54) is 11.3 Å². The number of carbonyl (C=O) groups is 1. The van der Waals surface area contributed by atoms with E-state index in [1.807, 2.05) is 30.3 Å². The number of ether oxygens (including phenoxy) is 2. The van der Waals surface area contributed by atoms with Crippen LogP contribution < -0.4 is 9.47 Å². The zero-order chi connectivity index (χ0) is 11.7. The number of thiophene rings is 1. The number of carbonyl (C=O) groups excluding carboxylic acids is 1. The molecule has 4 heteroatoms. The number of aldehydes is 1. The van der Waals surface area contributed by atoms with Crippen LogP contribution in [0.2, 0.25) is 0 Å². The summed E-state index contributed by atoms with van der Waals surface area (Å²) in [6, 6.07) is 9.89. The van der Waals surface area contributed by atoms with Crippen LogP contribution in [-0.4, -0.2) is 19.5 Å². The average molecular weight is 246 g/mol. The second kappa shape index (κ2) is 4.22. The molecule has 0 aliphatic carbocycles. The van der Waals surface area contributed by atoms with Gasteiger partial charge in [0.25, 0.3) is 0 Å². The van der Waals surface area contributed by atoms with Crippen molar-refractivity contribution in [3.05, 3.63) is 35.2 Å². The van der Waals surface area contributed by atoms with E-state index in [0.717, 1.165) is 16.7 Å². The van der Waals surface area contributed by atoms with Gasteiger partial charge in [0, 0.05) is 0 Å². The molecule has 1 aromatic carbocycles. The Bertz CT molecular complexity index is 545. The van der Waals surface area contributed by atoms with Crippen molar-refractivity contribution in [3.63, 3.8) is 0 Å². The summed E-state index contributed by atoms with van der Waals surface area (Å²) in [6.45, 7) is 1.03. The van der Waals surface area contributed by atoms with Crippen LogP contribution in [0.25, 0.3) is 10.4 Å². The van der Waals surface area contributed by atoms with Gasteiger partial charge in [-0.25, -0.2) is 0 Å².